The van der Waals surface area contributed by atoms with Gasteiger partial charge >= 0.3 is 6.03 Å². The summed E-state index contributed by atoms with van der Waals surface area (Å²) in [6, 6.07) is 24.0. The number of anilines is 1. The molecule has 2 amide bonds. The van der Waals surface area contributed by atoms with Crippen molar-refractivity contribution in [3.05, 3.63) is 115 Å². The van der Waals surface area contributed by atoms with Crippen LogP contribution in [0, 0.1) is 5.82 Å². The van der Waals surface area contributed by atoms with E-state index in [2.05, 4.69) is 16.5 Å². The first kappa shape index (κ1) is 20.4. The molecule has 5 heteroatoms. The first-order valence-electron chi connectivity index (χ1n) is 10.2. The average Bonchev–Trinajstić information content (AvgIpc) is 3.22. The lowest BCUT2D eigenvalue weighted by molar-refractivity contribution is 0.214. The second kappa shape index (κ2) is 9.30. The van der Waals surface area contributed by atoms with E-state index in [1.165, 1.54) is 12.1 Å². The molecule has 1 N–H and O–H groups in total. The molecule has 0 spiro atoms. The lowest BCUT2D eigenvalue weighted by Crippen LogP contribution is -2.35. The fraction of sp³-hybridized carbons (Fsp3) is 0.115. The van der Waals surface area contributed by atoms with Gasteiger partial charge in [-0.1, -0.05) is 54.6 Å². The van der Waals surface area contributed by atoms with Gasteiger partial charge in [0.15, 0.2) is 0 Å². The number of nitrogens with one attached hydrogen (secondary N) is 1. The second-order valence-corrected chi connectivity index (χ2v) is 7.38. The van der Waals surface area contributed by atoms with Gasteiger partial charge in [-0.2, -0.15) is 0 Å². The topological polar surface area (TPSA) is 37.3 Å². The summed E-state index contributed by atoms with van der Waals surface area (Å²) in [7, 11) is 0. The summed E-state index contributed by atoms with van der Waals surface area (Å²) >= 11 is 0. The minimum atomic E-state index is -0.251. The Labute approximate surface area is 181 Å². The van der Waals surface area contributed by atoms with Crippen LogP contribution in [0.1, 0.15) is 11.3 Å². The van der Waals surface area contributed by atoms with Gasteiger partial charge in [0.25, 0.3) is 0 Å². The molecule has 0 bridgehead atoms. The highest BCUT2D eigenvalue weighted by Crippen LogP contribution is 2.23. The zero-order chi connectivity index (χ0) is 21.6. The van der Waals surface area contributed by atoms with Gasteiger partial charge in [0.05, 0.1) is 12.2 Å². The third-order valence-electron chi connectivity index (χ3n) is 5.21. The third kappa shape index (κ3) is 4.83. The van der Waals surface area contributed by atoms with Gasteiger partial charge in [-0.15, -0.1) is 6.58 Å². The van der Waals surface area contributed by atoms with Crippen molar-refractivity contribution in [2.45, 2.75) is 13.1 Å². The van der Waals surface area contributed by atoms with Gasteiger partial charge < -0.3 is 14.8 Å². The lowest BCUT2D eigenvalue weighted by Gasteiger charge is -2.23. The fourth-order valence-corrected chi connectivity index (χ4v) is 3.63. The van der Waals surface area contributed by atoms with Crippen LogP contribution in [0.5, 0.6) is 0 Å². The van der Waals surface area contributed by atoms with Crippen LogP contribution >= 0.6 is 0 Å². The van der Waals surface area contributed by atoms with E-state index in [1.54, 1.807) is 23.1 Å². The summed E-state index contributed by atoms with van der Waals surface area (Å²) in [6.07, 6.45) is 3.68. The number of fused-ring (bicyclic) bond motifs is 1. The van der Waals surface area contributed by atoms with Gasteiger partial charge in [-0.3, -0.25) is 0 Å². The molecule has 1 heterocycles. The number of aromatic nitrogens is 1. The predicted octanol–water partition coefficient (Wildman–Crippen LogP) is 6.05. The first-order chi connectivity index (χ1) is 15.1. The Hall–Kier alpha value is -3.86. The van der Waals surface area contributed by atoms with Gasteiger partial charge in [0, 0.05) is 30.4 Å². The van der Waals surface area contributed by atoms with E-state index in [0.29, 0.717) is 19.6 Å². The smallest absolute Gasteiger partial charge is 0.322 e. The van der Waals surface area contributed by atoms with E-state index in [-0.39, 0.29) is 11.8 Å². The summed E-state index contributed by atoms with van der Waals surface area (Å²) in [5.41, 5.74) is 2.76. The van der Waals surface area contributed by atoms with Crippen LogP contribution < -0.4 is 5.32 Å². The number of rotatable bonds is 7. The van der Waals surface area contributed by atoms with Crippen LogP contribution in [0.25, 0.3) is 10.8 Å². The average molecular weight is 413 g/mol. The number of carbonyl (C=O) groups excluding carboxylic acids is 1. The highest BCUT2D eigenvalue weighted by atomic mass is 19.1. The summed E-state index contributed by atoms with van der Waals surface area (Å²) in [5.74, 6) is -0.251. The maximum atomic E-state index is 13.2. The molecule has 1 aromatic heterocycles. The molecule has 4 rings (SSSR count). The molecule has 0 aliphatic heterocycles. The Morgan fingerprint density at radius 1 is 1.00 bits per heavy atom. The number of benzene rings is 3. The fourth-order valence-electron chi connectivity index (χ4n) is 3.63. The van der Waals surface area contributed by atoms with E-state index in [1.807, 2.05) is 60.8 Å². The molecule has 0 unspecified atom stereocenters. The lowest BCUT2D eigenvalue weighted by atomic mass is 10.1. The molecule has 31 heavy (non-hydrogen) atoms. The number of urea groups is 1. The van der Waals surface area contributed by atoms with E-state index in [9.17, 15) is 9.18 Å². The number of halogens is 1. The number of hydrogen-bond acceptors (Lipinski definition) is 1. The molecule has 156 valence electrons. The maximum Gasteiger partial charge on any atom is 0.322 e. The van der Waals surface area contributed by atoms with Crippen LogP contribution in [0.3, 0.4) is 0 Å². The van der Waals surface area contributed by atoms with E-state index < -0.39 is 0 Å². The van der Waals surface area contributed by atoms with Gasteiger partial charge in [0.1, 0.15) is 5.82 Å². The molecule has 0 saturated carbocycles. The summed E-state index contributed by atoms with van der Waals surface area (Å²) in [4.78, 5) is 14.8. The minimum Gasteiger partial charge on any atom is -0.345 e. The van der Waals surface area contributed by atoms with Crippen molar-refractivity contribution in [1.29, 1.82) is 0 Å². The Morgan fingerprint density at radius 3 is 2.58 bits per heavy atom. The molecule has 3 aromatic carbocycles. The molecule has 0 atom stereocenters. The van der Waals surface area contributed by atoms with Crippen LogP contribution in [0.15, 0.2) is 97.7 Å². The van der Waals surface area contributed by atoms with Crippen LogP contribution in [0.2, 0.25) is 0 Å². The maximum absolute atomic E-state index is 13.2. The van der Waals surface area contributed by atoms with Gasteiger partial charge in [-0.25, -0.2) is 9.18 Å². The monoisotopic (exact) mass is 413 g/mol. The van der Waals surface area contributed by atoms with E-state index >= 15 is 0 Å². The molecule has 0 aliphatic carbocycles. The molecular weight excluding hydrogens is 389 g/mol. The molecular formula is C26H24FN3O. The van der Waals surface area contributed by atoms with E-state index in [4.69, 9.17) is 0 Å². The summed E-state index contributed by atoms with van der Waals surface area (Å²) in [5, 5.41) is 5.12. The van der Waals surface area contributed by atoms with Crippen molar-refractivity contribution in [3.63, 3.8) is 0 Å². The van der Waals surface area contributed by atoms with Crippen molar-refractivity contribution < 1.29 is 9.18 Å². The SMILES string of the molecule is C=CCN(Cc1cccn1Cc1ccc(F)cc1)C(=O)Nc1cccc2ccccc12. The third-order valence-corrected chi connectivity index (χ3v) is 5.21. The molecule has 4 nitrogen and oxygen atoms in total. The Morgan fingerprint density at radius 2 is 1.77 bits per heavy atom. The Balaban J connectivity index is 1.52. The number of hydrogen-bond donors (Lipinski definition) is 1. The van der Waals surface area contributed by atoms with Crippen molar-refractivity contribution in [3.8, 4) is 0 Å². The second-order valence-electron chi connectivity index (χ2n) is 7.38. The number of nitrogens with zero attached hydrogens (tertiary/aromatic N) is 2. The number of carbonyl (C=O) groups is 1. The standard InChI is InChI=1S/C26H24FN3O/c1-2-16-30(26(31)28-25-11-5-8-21-7-3-4-10-24(21)25)19-23-9-6-17-29(23)18-20-12-14-22(27)15-13-20/h2-15,17H,1,16,18-19H2,(H,28,31). The zero-order valence-corrected chi connectivity index (χ0v) is 17.2. The zero-order valence-electron chi connectivity index (χ0n) is 17.2. The molecule has 0 radical (unpaired) electrons. The van der Waals surface area contributed by atoms with Crippen LogP contribution in [-0.4, -0.2) is 22.0 Å². The molecule has 0 aliphatic rings. The predicted molar refractivity (Wildman–Crippen MR) is 124 cm³/mol. The number of amides is 2. The molecule has 0 fully saturated rings. The summed E-state index contributed by atoms with van der Waals surface area (Å²) in [6.45, 7) is 5.25. The largest absolute Gasteiger partial charge is 0.345 e. The quantitative estimate of drug-likeness (QED) is 0.368. The summed E-state index contributed by atoms with van der Waals surface area (Å²) < 4.78 is 15.3. The molecule has 4 aromatic rings. The van der Waals surface area contributed by atoms with Crippen LogP contribution in [-0.2, 0) is 13.1 Å². The highest BCUT2D eigenvalue weighted by Gasteiger charge is 2.16. The van der Waals surface area contributed by atoms with Crippen molar-refractivity contribution in [2.24, 2.45) is 0 Å². The van der Waals surface area contributed by atoms with Crippen molar-refractivity contribution in [2.75, 3.05) is 11.9 Å². The van der Waals surface area contributed by atoms with E-state index in [0.717, 1.165) is 27.7 Å². The van der Waals surface area contributed by atoms with Crippen LogP contribution in [0.4, 0.5) is 14.9 Å². The molecule has 0 saturated heterocycles. The first-order valence-corrected chi connectivity index (χ1v) is 10.2. The normalized spacial score (nSPS) is 10.7. The Bertz CT molecular complexity index is 1190. The van der Waals surface area contributed by atoms with Crippen molar-refractivity contribution >= 4 is 22.5 Å². The van der Waals surface area contributed by atoms with Gasteiger partial charge in [-0.05, 0) is 41.3 Å². The Kier molecular flexibility index (Phi) is 6.13. The van der Waals surface area contributed by atoms with Crippen molar-refractivity contribution in [1.82, 2.24) is 9.47 Å². The minimum absolute atomic E-state index is 0.189. The highest BCUT2D eigenvalue weighted by molar-refractivity contribution is 6.01. The van der Waals surface area contributed by atoms with Gasteiger partial charge in [0.2, 0.25) is 0 Å².